The van der Waals surface area contributed by atoms with Crippen LogP contribution < -0.4 is 5.32 Å². The molecule has 0 spiro atoms. The minimum atomic E-state index is -0.166. The number of pyridine rings is 1. The first-order valence-electron chi connectivity index (χ1n) is 6.39. The number of benzene rings is 1. The molecule has 21 heavy (non-hydrogen) atoms. The summed E-state index contributed by atoms with van der Waals surface area (Å²) in [6, 6.07) is 13.3. The van der Waals surface area contributed by atoms with Gasteiger partial charge in [0.05, 0.1) is 0 Å². The van der Waals surface area contributed by atoms with E-state index in [9.17, 15) is 4.79 Å². The molecule has 6 heteroatoms. The van der Waals surface area contributed by atoms with Gasteiger partial charge in [0.25, 0.3) is 5.91 Å². The Bertz CT molecular complexity index is 728. The Morgan fingerprint density at radius 3 is 2.62 bits per heavy atom. The smallest absolute Gasteiger partial charge is 0.265 e. The summed E-state index contributed by atoms with van der Waals surface area (Å²) in [5.74, 6) is -0.166. The highest BCUT2D eigenvalue weighted by Gasteiger charge is 2.17. The zero-order valence-electron chi connectivity index (χ0n) is 11.1. The van der Waals surface area contributed by atoms with Crippen LogP contribution in [0.25, 0.3) is 11.3 Å². The van der Waals surface area contributed by atoms with Gasteiger partial charge in [0.2, 0.25) is 0 Å². The molecule has 0 bridgehead atoms. The van der Waals surface area contributed by atoms with Crippen LogP contribution in [0.2, 0.25) is 0 Å². The van der Waals surface area contributed by atoms with Crippen LogP contribution in [0.4, 0.5) is 0 Å². The van der Waals surface area contributed by atoms with Gasteiger partial charge in [-0.25, -0.2) is 0 Å². The number of amides is 1. The monoisotopic (exact) mass is 296 g/mol. The molecular formula is C15H12N4OS. The minimum Gasteiger partial charge on any atom is -0.347 e. The number of carbonyl (C=O) groups excluding carboxylic acids is 1. The molecule has 0 unspecified atom stereocenters. The Morgan fingerprint density at radius 1 is 1.10 bits per heavy atom. The summed E-state index contributed by atoms with van der Waals surface area (Å²) in [7, 11) is 0. The highest BCUT2D eigenvalue weighted by molar-refractivity contribution is 7.08. The lowest BCUT2D eigenvalue weighted by molar-refractivity contribution is 0.0955. The standard InChI is InChI=1S/C15H12N4OS/c20-15(17-10-11-6-8-16-9-7-11)14-13(18-19-21-14)12-4-2-1-3-5-12/h1-9H,10H2,(H,17,20). The van der Waals surface area contributed by atoms with Crippen molar-refractivity contribution in [3.8, 4) is 11.3 Å². The molecule has 0 radical (unpaired) electrons. The van der Waals surface area contributed by atoms with Crippen molar-refractivity contribution in [1.82, 2.24) is 19.9 Å². The molecule has 2 heterocycles. The molecule has 1 aromatic carbocycles. The number of hydrogen-bond acceptors (Lipinski definition) is 5. The average molecular weight is 296 g/mol. The second-order valence-corrected chi connectivity index (χ2v) is 5.11. The largest absolute Gasteiger partial charge is 0.347 e. The van der Waals surface area contributed by atoms with Gasteiger partial charge < -0.3 is 5.32 Å². The highest BCUT2D eigenvalue weighted by atomic mass is 32.1. The van der Waals surface area contributed by atoms with Crippen molar-refractivity contribution in [2.75, 3.05) is 0 Å². The molecule has 1 N–H and O–H groups in total. The molecule has 0 saturated carbocycles. The molecule has 0 atom stereocenters. The van der Waals surface area contributed by atoms with E-state index in [2.05, 4.69) is 19.9 Å². The zero-order chi connectivity index (χ0) is 14.5. The maximum Gasteiger partial charge on any atom is 0.265 e. The van der Waals surface area contributed by atoms with Gasteiger partial charge in [0.15, 0.2) is 0 Å². The van der Waals surface area contributed by atoms with Crippen LogP contribution in [0.3, 0.4) is 0 Å². The van der Waals surface area contributed by atoms with Crippen LogP contribution in [0.15, 0.2) is 54.9 Å². The van der Waals surface area contributed by atoms with E-state index in [1.54, 1.807) is 12.4 Å². The van der Waals surface area contributed by atoms with Crippen LogP contribution in [0, 0.1) is 0 Å². The van der Waals surface area contributed by atoms with E-state index >= 15 is 0 Å². The van der Waals surface area contributed by atoms with Crippen LogP contribution in [-0.2, 0) is 6.54 Å². The van der Waals surface area contributed by atoms with Crippen LogP contribution in [0.5, 0.6) is 0 Å². The summed E-state index contributed by atoms with van der Waals surface area (Å²) in [5, 5.41) is 6.94. The third-order valence-electron chi connectivity index (χ3n) is 2.94. The fourth-order valence-corrected chi connectivity index (χ4v) is 2.49. The van der Waals surface area contributed by atoms with Gasteiger partial charge in [-0.05, 0) is 29.2 Å². The molecule has 0 aliphatic heterocycles. The first-order chi connectivity index (χ1) is 10.3. The Kier molecular flexibility index (Phi) is 3.97. The third kappa shape index (κ3) is 3.11. The number of nitrogens with zero attached hydrogens (tertiary/aromatic N) is 3. The molecule has 0 aliphatic rings. The normalized spacial score (nSPS) is 10.3. The molecule has 3 rings (SSSR count). The van der Waals surface area contributed by atoms with Gasteiger partial charge >= 0.3 is 0 Å². The quantitative estimate of drug-likeness (QED) is 0.803. The van der Waals surface area contributed by atoms with Crippen LogP contribution in [0.1, 0.15) is 15.2 Å². The Labute approximate surface area is 125 Å². The summed E-state index contributed by atoms with van der Waals surface area (Å²) >= 11 is 1.10. The van der Waals surface area contributed by atoms with Crippen molar-refractivity contribution in [1.29, 1.82) is 0 Å². The van der Waals surface area contributed by atoms with E-state index in [-0.39, 0.29) is 5.91 Å². The average Bonchev–Trinajstić information content (AvgIpc) is 3.04. The maximum atomic E-state index is 12.3. The number of hydrogen-bond donors (Lipinski definition) is 1. The van der Waals surface area contributed by atoms with Crippen molar-refractivity contribution >= 4 is 17.4 Å². The van der Waals surface area contributed by atoms with E-state index in [1.807, 2.05) is 42.5 Å². The second kappa shape index (κ2) is 6.23. The molecule has 1 amide bonds. The van der Waals surface area contributed by atoms with Gasteiger partial charge in [-0.1, -0.05) is 34.8 Å². The van der Waals surface area contributed by atoms with Gasteiger partial charge in [-0.3, -0.25) is 9.78 Å². The van der Waals surface area contributed by atoms with E-state index < -0.39 is 0 Å². The molecule has 0 saturated heterocycles. The van der Waals surface area contributed by atoms with Gasteiger partial charge in [0.1, 0.15) is 10.6 Å². The van der Waals surface area contributed by atoms with Gasteiger partial charge in [-0.2, -0.15) is 0 Å². The van der Waals surface area contributed by atoms with Gasteiger partial charge in [-0.15, -0.1) is 5.10 Å². The number of aromatic nitrogens is 3. The van der Waals surface area contributed by atoms with E-state index in [4.69, 9.17) is 0 Å². The lowest BCUT2D eigenvalue weighted by Gasteiger charge is -2.04. The predicted molar refractivity (Wildman–Crippen MR) is 80.8 cm³/mol. The Hall–Kier alpha value is -2.60. The van der Waals surface area contributed by atoms with Crippen molar-refractivity contribution in [3.05, 3.63) is 65.3 Å². The highest BCUT2D eigenvalue weighted by Crippen LogP contribution is 2.23. The number of rotatable bonds is 4. The van der Waals surface area contributed by atoms with E-state index in [0.29, 0.717) is 17.1 Å². The summed E-state index contributed by atoms with van der Waals surface area (Å²) in [6.07, 6.45) is 3.40. The van der Waals surface area contributed by atoms with Crippen LogP contribution in [-0.4, -0.2) is 20.5 Å². The van der Waals surface area contributed by atoms with E-state index in [1.165, 1.54) is 0 Å². The molecule has 0 aliphatic carbocycles. The topological polar surface area (TPSA) is 67.8 Å². The fraction of sp³-hybridized carbons (Fsp3) is 0.0667. The second-order valence-electron chi connectivity index (χ2n) is 4.35. The molecule has 104 valence electrons. The summed E-state index contributed by atoms with van der Waals surface area (Å²) < 4.78 is 3.90. The first kappa shape index (κ1) is 13.4. The van der Waals surface area contributed by atoms with Crippen molar-refractivity contribution in [2.24, 2.45) is 0 Å². The van der Waals surface area contributed by atoms with Crippen molar-refractivity contribution in [2.45, 2.75) is 6.54 Å². The SMILES string of the molecule is O=C(NCc1ccncc1)c1snnc1-c1ccccc1. The first-order valence-corrected chi connectivity index (χ1v) is 7.17. The summed E-state index contributed by atoms with van der Waals surface area (Å²) in [6.45, 7) is 0.452. The van der Waals surface area contributed by atoms with Gasteiger partial charge in [0, 0.05) is 24.5 Å². The van der Waals surface area contributed by atoms with Crippen molar-refractivity contribution in [3.63, 3.8) is 0 Å². The number of nitrogens with one attached hydrogen (secondary N) is 1. The molecule has 3 aromatic rings. The minimum absolute atomic E-state index is 0.166. The Morgan fingerprint density at radius 2 is 1.86 bits per heavy atom. The molecule has 0 fully saturated rings. The zero-order valence-corrected chi connectivity index (χ0v) is 11.9. The Balaban J connectivity index is 1.76. The molecule has 5 nitrogen and oxygen atoms in total. The van der Waals surface area contributed by atoms with Crippen LogP contribution >= 0.6 is 11.5 Å². The molecule has 2 aromatic heterocycles. The lowest BCUT2D eigenvalue weighted by Crippen LogP contribution is -2.22. The summed E-state index contributed by atoms with van der Waals surface area (Å²) in [5.41, 5.74) is 2.50. The van der Waals surface area contributed by atoms with E-state index in [0.717, 1.165) is 22.7 Å². The third-order valence-corrected chi connectivity index (χ3v) is 3.67. The van der Waals surface area contributed by atoms with Crippen molar-refractivity contribution < 1.29 is 4.79 Å². The fourth-order valence-electron chi connectivity index (χ4n) is 1.89. The molecular weight excluding hydrogens is 284 g/mol. The predicted octanol–water partition coefficient (Wildman–Crippen LogP) is 2.53. The summed E-state index contributed by atoms with van der Waals surface area (Å²) in [4.78, 5) is 16.7. The maximum absolute atomic E-state index is 12.3. The number of carbonyl (C=O) groups is 1. The lowest BCUT2D eigenvalue weighted by atomic mass is 10.1.